The number of benzene rings is 1. The van der Waals surface area contributed by atoms with Crippen molar-refractivity contribution in [1.82, 2.24) is 4.98 Å². The largest absolute Gasteiger partial charge is 0.508 e. The van der Waals surface area contributed by atoms with E-state index in [-0.39, 0.29) is 11.1 Å². The van der Waals surface area contributed by atoms with Gasteiger partial charge in [-0.15, -0.1) is 11.6 Å². The zero-order valence-electron chi connectivity index (χ0n) is 10.4. The molecule has 2 N–H and O–H groups in total. The Morgan fingerprint density at radius 2 is 2.22 bits per heavy atom. The predicted molar refractivity (Wildman–Crippen MR) is 76.4 cm³/mol. The molecule has 0 radical (unpaired) electrons. The van der Waals surface area contributed by atoms with Crippen molar-refractivity contribution in [1.29, 1.82) is 0 Å². The minimum Gasteiger partial charge on any atom is -0.508 e. The molecule has 1 heterocycles. The first kappa shape index (κ1) is 13.0. The maximum atomic E-state index is 9.53. The van der Waals surface area contributed by atoms with Gasteiger partial charge in [0.1, 0.15) is 11.6 Å². The first-order valence-electron chi connectivity index (χ1n) is 6.16. The van der Waals surface area contributed by atoms with Crippen LogP contribution >= 0.6 is 11.6 Å². The molecule has 0 saturated heterocycles. The molecule has 0 bridgehead atoms. The van der Waals surface area contributed by atoms with E-state index in [2.05, 4.69) is 17.2 Å². The molecule has 0 aliphatic rings. The molecule has 4 heteroatoms. The van der Waals surface area contributed by atoms with E-state index in [1.807, 2.05) is 12.1 Å². The summed E-state index contributed by atoms with van der Waals surface area (Å²) in [5, 5.41) is 15.0. The van der Waals surface area contributed by atoms with E-state index in [0.717, 1.165) is 36.0 Å². The predicted octanol–water partition coefficient (Wildman–Crippen LogP) is 3.76. The summed E-state index contributed by atoms with van der Waals surface area (Å²) >= 11 is 6.07. The van der Waals surface area contributed by atoms with Gasteiger partial charge in [0, 0.05) is 23.5 Å². The number of anilines is 1. The number of pyridine rings is 1. The van der Waals surface area contributed by atoms with Crippen molar-refractivity contribution in [2.24, 2.45) is 0 Å². The van der Waals surface area contributed by atoms with Crippen molar-refractivity contribution >= 4 is 28.2 Å². The molecule has 0 fully saturated rings. The van der Waals surface area contributed by atoms with Crippen LogP contribution in [0.1, 0.15) is 19.8 Å². The number of hydrogen-bond acceptors (Lipinski definition) is 3. The van der Waals surface area contributed by atoms with Gasteiger partial charge in [0.25, 0.3) is 0 Å². The summed E-state index contributed by atoms with van der Waals surface area (Å²) in [4.78, 5) is 4.31. The van der Waals surface area contributed by atoms with Crippen molar-refractivity contribution in [3.8, 4) is 5.75 Å². The summed E-state index contributed by atoms with van der Waals surface area (Å²) in [6.07, 6.45) is 3.63. The fourth-order valence-electron chi connectivity index (χ4n) is 1.85. The summed E-state index contributed by atoms with van der Waals surface area (Å²) in [7, 11) is 0. The van der Waals surface area contributed by atoms with E-state index in [9.17, 15) is 5.11 Å². The van der Waals surface area contributed by atoms with Crippen molar-refractivity contribution in [3.63, 3.8) is 0 Å². The number of fused-ring (bicyclic) bond motifs is 1. The summed E-state index contributed by atoms with van der Waals surface area (Å²) < 4.78 is 0. The number of alkyl halides is 1. The molecule has 1 aromatic carbocycles. The Morgan fingerprint density at radius 3 is 3.00 bits per heavy atom. The molecule has 0 saturated carbocycles. The van der Waals surface area contributed by atoms with Crippen LogP contribution in [0.15, 0.2) is 30.5 Å². The highest BCUT2D eigenvalue weighted by Crippen LogP contribution is 2.25. The third kappa shape index (κ3) is 3.05. The second-order valence-corrected chi connectivity index (χ2v) is 4.90. The lowest BCUT2D eigenvalue weighted by molar-refractivity contribution is 0.476. The highest BCUT2D eigenvalue weighted by molar-refractivity contribution is 6.20. The fourth-order valence-corrected chi connectivity index (χ4v) is 1.96. The van der Waals surface area contributed by atoms with E-state index in [1.54, 1.807) is 18.3 Å². The average molecular weight is 265 g/mol. The Bertz CT molecular complexity index is 530. The molecule has 0 amide bonds. The quantitative estimate of drug-likeness (QED) is 0.809. The molecule has 3 nitrogen and oxygen atoms in total. The van der Waals surface area contributed by atoms with E-state index in [4.69, 9.17) is 11.6 Å². The SMILES string of the molecule is CCC(Cl)CCNc1nccc2ccc(O)cc12. The Morgan fingerprint density at radius 1 is 1.39 bits per heavy atom. The van der Waals surface area contributed by atoms with Crippen molar-refractivity contribution in [2.75, 3.05) is 11.9 Å². The van der Waals surface area contributed by atoms with Gasteiger partial charge in [0.15, 0.2) is 0 Å². The molecule has 2 rings (SSSR count). The van der Waals surface area contributed by atoms with Gasteiger partial charge >= 0.3 is 0 Å². The molecule has 0 spiro atoms. The molecular weight excluding hydrogens is 248 g/mol. The van der Waals surface area contributed by atoms with Crippen molar-refractivity contribution in [3.05, 3.63) is 30.5 Å². The minimum absolute atomic E-state index is 0.195. The Labute approximate surface area is 112 Å². The Hall–Kier alpha value is -1.48. The molecule has 18 heavy (non-hydrogen) atoms. The van der Waals surface area contributed by atoms with Crippen LogP contribution in [0.5, 0.6) is 5.75 Å². The molecular formula is C14H17ClN2O. The number of phenolic OH excluding ortho intramolecular Hbond substituents is 1. The monoisotopic (exact) mass is 264 g/mol. The number of aromatic nitrogens is 1. The van der Waals surface area contributed by atoms with Crippen LogP contribution in [0.3, 0.4) is 0 Å². The summed E-state index contributed by atoms with van der Waals surface area (Å²) in [5.41, 5.74) is 0. The van der Waals surface area contributed by atoms with Crippen molar-refractivity contribution in [2.45, 2.75) is 25.1 Å². The highest BCUT2D eigenvalue weighted by atomic mass is 35.5. The molecule has 0 aliphatic carbocycles. The topological polar surface area (TPSA) is 45.2 Å². The maximum absolute atomic E-state index is 9.53. The maximum Gasteiger partial charge on any atom is 0.133 e. The van der Waals surface area contributed by atoms with Crippen LogP contribution in [0.25, 0.3) is 10.8 Å². The third-order valence-corrected chi connectivity index (χ3v) is 3.47. The lowest BCUT2D eigenvalue weighted by atomic mass is 10.1. The van der Waals surface area contributed by atoms with Gasteiger partial charge in [-0.3, -0.25) is 0 Å². The van der Waals surface area contributed by atoms with Crippen LogP contribution in [-0.2, 0) is 0 Å². The molecule has 1 aromatic heterocycles. The number of aromatic hydroxyl groups is 1. The van der Waals surface area contributed by atoms with Crippen molar-refractivity contribution < 1.29 is 5.11 Å². The van der Waals surface area contributed by atoms with E-state index < -0.39 is 0 Å². The van der Waals surface area contributed by atoms with Gasteiger partial charge in [-0.25, -0.2) is 4.98 Å². The first-order chi connectivity index (χ1) is 8.70. The van der Waals surface area contributed by atoms with E-state index in [0.29, 0.717) is 0 Å². The standard InChI is InChI=1S/C14H17ClN2O/c1-2-11(15)6-8-17-14-13-9-12(18)4-3-10(13)5-7-16-14/h3-5,7,9,11,18H,2,6,8H2,1H3,(H,16,17). The van der Waals surface area contributed by atoms with Gasteiger partial charge in [-0.05, 0) is 36.4 Å². The van der Waals surface area contributed by atoms with E-state index >= 15 is 0 Å². The number of halogens is 1. The second kappa shape index (κ2) is 5.91. The third-order valence-electron chi connectivity index (χ3n) is 2.94. The zero-order valence-corrected chi connectivity index (χ0v) is 11.1. The van der Waals surface area contributed by atoms with Crippen LogP contribution in [0, 0.1) is 0 Å². The van der Waals surface area contributed by atoms with Crippen LogP contribution in [0.2, 0.25) is 0 Å². The molecule has 96 valence electrons. The van der Waals surface area contributed by atoms with Crippen LogP contribution in [-0.4, -0.2) is 22.0 Å². The summed E-state index contributed by atoms with van der Waals surface area (Å²) in [6.45, 7) is 2.86. The second-order valence-electron chi connectivity index (χ2n) is 4.29. The lowest BCUT2D eigenvalue weighted by Crippen LogP contribution is -2.09. The normalized spacial score (nSPS) is 12.6. The number of nitrogens with zero attached hydrogens (tertiary/aromatic N) is 1. The number of hydrogen-bond donors (Lipinski definition) is 2. The Kier molecular flexibility index (Phi) is 4.26. The number of phenols is 1. The van der Waals surface area contributed by atoms with Gasteiger partial charge in [0.2, 0.25) is 0 Å². The van der Waals surface area contributed by atoms with Gasteiger partial charge in [-0.2, -0.15) is 0 Å². The number of rotatable bonds is 5. The average Bonchev–Trinajstić information content (AvgIpc) is 2.39. The van der Waals surface area contributed by atoms with E-state index in [1.165, 1.54) is 0 Å². The fraction of sp³-hybridized carbons (Fsp3) is 0.357. The number of nitrogens with one attached hydrogen (secondary N) is 1. The zero-order chi connectivity index (χ0) is 13.0. The summed E-state index contributed by atoms with van der Waals surface area (Å²) in [5.74, 6) is 1.05. The first-order valence-corrected chi connectivity index (χ1v) is 6.60. The molecule has 2 aromatic rings. The van der Waals surface area contributed by atoms with Gasteiger partial charge < -0.3 is 10.4 Å². The Balaban J connectivity index is 2.15. The molecule has 1 unspecified atom stereocenters. The minimum atomic E-state index is 0.195. The summed E-state index contributed by atoms with van der Waals surface area (Å²) in [6, 6.07) is 7.21. The smallest absolute Gasteiger partial charge is 0.133 e. The highest BCUT2D eigenvalue weighted by Gasteiger charge is 2.05. The molecule has 0 aliphatic heterocycles. The van der Waals surface area contributed by atoms with Crippen LogP contribution < -0.4 is 5.32 Å². The van der Waals surface area contributed by atoms with Crippen LogP contribution in [0.4, 0.5) is 5.82 Å². The van der Waals surface area contributed by atoms with Gasteiger partial charge in [0.05, 0.1) is 0 Å². The van der Waals surface area contributed by atoms with Gasteiger partial charge in [-0.1, -0.05) is 13.0 Å². The lowest BCUT2D eigenvalue weighted by Gasteiger charge is -2.10. The molecule has 1 atom stereocenters.